The van der Waals surface area contributed by atoms with E-state index in [9.17, 15) is 13.6 Å². The molecule has 0 aromatic carbocycles. The summed E-state index contributed by atoms with van der Waals surface area (Å²) in [4.78, 5) is 14.5. The summed E-state index contributed by atoms with van der Waals surface area (Å²) in [5, 5.41) is 14.3. The summed E-state index contributed by atoms with van der Waals surface area (Å²) in [6.07, 6.45) is 0.248. The van der Waals surface area contributed by atoms with Gasteiger partial charge in [-0.15, -0.1) is 11.3 Å². The van der Waals surface area contributed by atoms with Crippen LogP contribution < -0.4 is 0 Å². The molecule has 0 aliphatic heterocycles. The summed E-state index contributed by atoms with van der Waals surface area (Å²) in [5.74, 6) is -1.67. The molecule has 0 fully saturated rings. The lowest BCUT2D eigenvalue weighted by atomic mass is 10.1. The van der Waals surface area contributed by atoms with Gasteiger partial charge in [0.25, 0.3) is 6.43 Å². The lowest BCUT2D eigenvalue weighted by Gasteiger charge is -2.00. The molecule has 0 spiro atoms. The first-order chi connectivity index (χ1) is 8.49. The largest absolute Gasteiger partial charge is 0.481 e. The quantitative estimate of drug-likeness (QED) is 0.929. The molecule has 0 amide bonds. The van der Waals surface area contributed by atoms with Crippen LogP contribution in [-0.2, 0) is 4.79 Å². The first-order valence-corrected chi connectivity index (χ1v) is 5.88. The molecule has 2 rings (SSSR count). The smallest absolute Gasteiger partial charge is 0.310 e. The second-order valence-corrected chi connectivity index (χ2v) is 4.47. The second kappa shape index (κ2) is 4.81. The maximum Gasteiger partial charge on any atom is 0.310 e. The summed E-state index contributed by atoms with van der Waals surface area (Å²) in [5.41, 5.74) is 0.189. The van der Waals surface area contributed by atoms with Gasteiger partial charge in [0.2, 0.25) is 5.13 Å². The fraction of sp³-hybridized carbons (Fsp3) is 0.300. The fourth-order valence-corrected chi connectivity index (χ4v) is 2.04. The van der Waals surface area contributed by atoms with Crippen LogP contribution in [0.15, 0.2) is 17.8 Å². The molecule has 0 aliphatic carbocycles. The molecule has 2 aromatic rings. The Balaban J connectivity index is 2.26. The minimum atomic E-state index is -2.62. The molecule has 8 heteroatoms. The van der Waals surface area contributed by atoms with Gasteiger partial charge in [-0.2, -0.15) is 5.10 Å². The monoisotopic (exact) mass is 273 g/mol. The molecule has 1 atom stereocenters. The topological polar surface area (TPSA) is 68.0 Å². The summed E-state index contributed by atoms with van der Waals surface area (Å²) in [7, 11) is 0. The Bertz CT molecular complexity index is 567. The van der Waals surface area contributed by atoms with Gasteiger partial charge < -0.3 is 5.11 Å². The number of rotatable bonds is 4. The Hall–Kier alpha value is -1.83. The molecular formula is C10H9F2N3O2S. The van der Waals surface area contributed by atoms with E-state index < -0.39 is 18.3 Å². The first-order valence-electron chi connectivity index (χ1n) is 5.00. The van der Waals surface area contributed by atoms with Crippen LogP contribution in [0.4, 0.5) is 8.78 Å². The third-order valence-corrected chi connectivity index (χ3v) is 3.25. The number of hydrogen-bond donors (Lipinski definition) is 1. The van der Waals surface area contributed by atoms with Crippen molar-refractivity contribution in [1.82, 2.24) is 14.8 Å². The van der Waals surface area contributed by atoms with Crippen molar-refractivity contribution in [2.45, 2.75) is 19.3 Å². The van der Waals surface area contributed by atoms with Crippen molar-refractivity contribution >= 4 is 17.3 Å². The molecular weight excluding hydrogens is 264 g/mol. The summed E-state index contributed by atoms with van der Waals surface area (Å²) in [6.45, 7) is 1.52. The number of carboxylic acid groups (broad SMARTS) is 1. The van der Waals surface area contributed by atoms with Crippen molar-refractivity contribution in [2.75, 3.05) is 0 Å². The van der Waals surface area contributed by atoms with Crippen LogP contribution in [0.3, 0.4) is 0 Å². The van der Waals surface area contributed by atoms with E-state index in [1.807, 2.05) is 0 Å². The van der Waals surface area contributed by atoms with Crippen molar-refractivity contribution in [3.8, 4) is 5.13 Å². The molecule has 18 heavy (non-hydrogen) atoms. The van der Waals surface area contributed by atoms with E-state index in [0.717, 1.165) is 11.3 Å². The minimum Gasteiger partial charge on any atom is -0.481 e. The number of aromatic nitrogens is 3. The second-order valence-electron chi connectivity index (χ2n) is 3.63. The third kappa shape index (κ3) is 2.37. The maximum atomic E-state index is 12.4. The highest BCUT2D eigenvalue weighted by atomic mass is 32.1. The van der Waals surface area contributed by atoms with Gasteiger partial charge in [-0.05, 0) is 6.92 Å². The lowest BCUT2D eigenvalue weighted by Crippen LogP contribution is -2.06. The number of carboxylic acids is 1. The van der Waals surface area contributed by atoms with Crippen LogP contribution in [0.25, 0.3) is 5.13 Å². The van der Waals surface area contributed by atoms with E-state index in [4.69, 9.17) is 5.11 Å². The van der Waals surface area contributed by atoms with Crippen molar-refractivity contribution in [2.24, 2.45) is 0 Å². The fourth-order valence-electron chi connectivity index (χ4n) is 1.29. The van der Waals surface area contributed by atoms with Crippen molar-refractivity contribution in [1.29, 1.82) is 0 Å². The number of nitrogens with zero attached hydrogens (tertiary/aromatic N) is 3. The zero-order valence-electron chi connectivity index (χ0n) is 9.25. The number of thiazole rings is 1. The summed E-state index contributed by atoms with van der Waals surface area (Å²) in [6, 6.07) is 0. The number of alkyl halides is 2. The van der Waals surface area contributed by atoms with Gasteiger partial charge in [0.15, 0.2) is 0 Å². The van der Waals surface area contributed by atoms with E-state index in [0.29, 0.717) is 5.56 Å². The van der Waals surface area contributed by atoms with E-state index >= 15 is 0 Å². The van der Waals surface area contributed by atoms with Gasteiger partial charge in [-0.25, -0.2) is 18.4 Å². The Morgan fingerprint density at radius 3 is 2.83 bits per heavy atom. The predicted octanol–water partition coefficient (Wildman–Crippen LogP) is 2.45. The number of carbonyl (C=O) groups is 1. The van der Waals surface area contributed by atoms with Crippen molar-refractivity contribution < 1.29 is 18.7 Å². The number of halogens is 2. The number of aliphatic carboxylic acids is 1. The van der Waals surface area contributed by atoms with Gasteiger partial charge >= 0.3 is 5.97 Å². The van der Waals surface area contributed by atoms with Crippen LogP contribution >= 0.6 is 11.3 Å². The lowest BCUT2D eigenvalue weighted by molar-refractivity contribution is -0.138. The SMILES string of the molecule is CC(C(=O)O)c1cnn(-c2nc(C(F)F)cs2)c1. The highest BCUT2D eigenvalue weighted by molar-refractivity contribution is 7.12. The Kier molecular flexibility index (Phi) is 3.37. The molecule has 0 bridgehead atoms. The molecule has 0 radical (unpaired) electrons. The van der Waals surface area contributed by atoms with Crippen LogP contribution in [0, 0.1) is 0 Å². The van der Waals surface area contributed by atoms with E-state index in [1.165, 1.54) is 29.4 Å². The molecule has 2 heterocycles. The predicted molar refractivity (Wildman–Crippen MR) is 60.2 cm³/mol. The van der Waals surface area contributed by atoms with E-state index in [1.54, 1.807) is 0 Å². The molecule has 0 aliphatic rings. The van der Waals surface area contributed by atoms with Crippen LogP contribution in [0.5, 0.6) is 0 Å². The maximum absolute atomic E-state index is 12.4. The molecule has 0 saturated carbocycles. The molecule has 0 saturated heterocycles. The van der Waals surface area contributed by atoms with Crippen LogP contribution in [0.2, 0.25) is 0 Å². The Labute approximate surface area is 105 Å². The molecule has 1 unspecified atom stereocenters. The van der Waals surface area contributed by atoms with Crippen LogP contribution in [-0.4, -0.2) is 25.8 Å². The van der Waals surface area contributed by atoms with Crippen molar-refractivity contribution in [3.63, 3.8) is 0 Å². The Morgan fingerprint density at radius 1 is 1.56 bits per heavy atom. The Morgan fingerprint density at radius 2 is 2.28 bits per heavy atom. The van der Waals surface area contributed by atoms with E-state index in [2.05, 4.69) is 10.1 Å². The van der Waals surface area contributed by atoms with Crippen molar-refractivity contribution in [3.05, 3.63) is 29.0 Å². The zero-order chi connectivity index (χ0) is 13.3. The van der Waals surface area contributed by atoms with Gasteiger partial charge in [-0.1, -0.05) is 0 Å². The molecule has 1 N–H and O–H groups in total. The van der Waals surface area contributed by atoms with Crippen LogP contribution in [0.1, 0.15) is 30.5 Å². The standard InChI is InChI=1S/C10H9F2N3O2S/c1-5(9(16)17)6-2-13-15(3-6)10-14-7(4-18-10)8(11)12/h2-5,8H,1H3,(H,16,17). The average molecular weight is 273 g/mol. The highest BCUT2D eigenvalue weighted by Crippen LogP contribution is 2.24. The minimum absolute atomic E-state index is 0.286. The average Bonchev–Trinajstić information content (AvgIpc) is 2.96. The van der Waals surface area contributed by atoms with Gasteiger partial charge in [0.1, 0.15) is 5.69 Å². The summed E-state index contributed by atoms with van der Waals surface area (Å²) < 4.78 is 26.0. The van der Waals surface area contributed by atoms with Gasteiger partial charge in [-0.3, -0.25) is 4.79 Å². The number of hydrogen-bond acceptors (Lipinski definition) is 4. The molecule has 2 aromatic heterocycles. The first kappa shape index (κ1) is 12.6. The van der Waals surface area contributed by atoms with E-state index in [-0.39, 0.29) is 10.8 Å². The van der Waals surface area contributed by atoms with Gasteiger partial charge in [0, 0.05) is 17.1 Å². The molecule has 96 valence electrons. The van der Waals surface area contributed by atoms with Gasteiger partial charge in [0.05, 0.1) is 12.1 Å². The third-order valence-electron chi connectivity index (χ3n) is 2.40. The zero-order valence-corrected chi connectivity index (χ0v) is 10.1. The molecule has 5 nitrogen and oxygen atoms in total. The normalized spacial score (nSPS) is 12.9. The highest BCUT2D eigenvalue weighted by Gasteiger charge is 2.17. The summed E-state index contributed by atoms with van der Waals surface area (Å²) >= 11 is 1.03.